The summed E-state index contributed by atoms with van der Waals surface area (Å²) in [6, 6.07) is 9.89. The second-order valence-electron chi connectivity index (χ2n) is 7.40. The van der Waals surface area contributed by atoms with Crippen molar-refractivity contribution in [1.29, 1.82) is 0 Å². The molecule has 0 aromatic heterocycles. The predicted octanol–water partition coefficient (Wildman–Crippen LogP) is 4.15. The first kappa shape index (κ1) is 18.2. The van der Waals surface area contributed by atoms with Gasteiger partial charge >= 0.3 is 0 Å². The predicted molar refractivity (Wildman–Crippen MR) is 99.7 cm³/mol. The van der Waals surface area contributed by atoms with Crippen molar-refractivity contribution in [3.63, 3.8) is 0 Å². The number of hydrogen-bond donors (Lipinski definition) is 0. The van der Waals surface area contributed by atoms with Gasteiger partial charge < -0.3 is 0 Å². The van der Waals surface area contributed by atoms with Gasteiger partial charge in [-0.25, -0.2) is 8.42 Å². The van der Waals surface area contributed by atoms with Crippen molar-refractivity contribution < 1.29 is 8.42 Å². The van der Waals surface area contributed by atoms with E-state index in [0.717, 1.165) is 12.0 Å². The van der Waals surface area contributed by atoms with Crippen molar-refractivity contribution in [3.05, 3.63) is 54.6 Å². The maximum atomic E-state index is 12.7. The third kappa shape index (κ3) is 4.90. The Hall–Kier alpha value is -1.17. The smallest absolute Gasteiger partial charge is 0.207 e. The van der Waals surface area contributed by atoms with E-state index < -0.39 is 18.1 Å². The Bertz CT molecular complexity index is 675. The minimum Gasteiger partial charge on any atom is -0.207 e. The maximum absolute atomic E-state index is 12.7. The fourth-order valence-electron chi connectivity index (χ4n) is 2.66. The van der Waals surface area contributed by atoms with Crippen molar-refractivity contribution in [2.24, 2.45) is 5.92 Å². The number of sulfonamides is 1. The molecule has 1 aromatic rings. The highest BCUT2D eigenvalue weighted by Gasteiger charge is 2.33. The van der Waals surface area contributed by atoms with E-state index in [1.807, 2.05) is 6.07 Å². The summed E-state index contributed by atoms with van der Waals surface area (Å²) in [6.07, 6.45) is 5.42. The van der Waals surface area contributed by atoms with Crippen LogP contribution in [0.3, 0.4) is 0 Å². The quantitative estimate of drug-likeness (QED) is 0.571. The van der Waals surface area contributed by atoms with Crippen LogP contribution in [0.5, 0.6) is 0 Å². The first-order chi connectivity index (χ1) is 10.7. The normalized spacial score (nSPS) is 20.5. The van der Waals surface area contributed by atoms with Gasteiger partial charge in [-0.3, -0.25) is 0 Å². The molecule has 1 heterocycles. The molecule has 0 spiro atoms. The van der Waals surface area contributed by atoms with Crippen LogP contribution in [0.15, 0.2) is 59.5 Å². The average molecular weight is 350 g/mol. The first-order valence-corrected chi connectivity index (χ1v) is 13.2. The molecule has 126 valence electrons. The molecule has 0 radical (unpaired) electrons. The molecule has 3 nitrogen and oxygen atoms in total. The van der Waals surface area contributed by atoms with E-state index in [-0.39, 0.29) is 5.92 Å². The van der Waals surface area contributed by atoms with Crippen molar-refractivity contribution >= 4 is 18.1 Å². The summed E-state index contributed by atoms with van der Waals surface area (Å²) in [5.41, 5.74) is 0.980. The topological polar surface area (TPSA) is 37.4 Å². The lowest BCUT2D eigenvalue weighted by atomic mass is 10.0. The Labute approximate surface area is 141 Å². The largest absolute Gasteiger partial charge is 0.243 e. The van der Waals surface area contributed by atoms with Gasteiger partial charge in [0.2, 0.25) is 10.0 Å². The lowest BCUT2D eigenvalue weighted by Crippen LogP contribution is -2.28. The highest BCUT2D eigenvalue weighted by atomic mass is 32.2. The Kier molecular flexibility index (Phi) is 5.65. The molecule has 0 bridgehead atoms. The first-order valence-electron chi connectivity index (χ1n) is 8.10. The Morgan fingerprint density at radius 3 is 2.52 bits per heavy atom. The van der Waals surface area contributed by atoms with Gasteiger partial charge in [-0.05, 0) is 18.6 Å². The summed E-state index contributed by atoms with van der Waals surface area (Å²) in [4.78, 5) is 0.358. The zero-order valence-corrected chi connectivity index (χ0v) is 16.1. The highest BCUT2D eigenvalue weighted by Crippen LogP contribution is 2.28. The van der Waals surface area contributed by atoms with Crippen LogP contribution >= 0.6 is 0 Å². The molecule has 0 N–H and O–H groups in total. The standard InChI is InChI=1S/C18H27NO2SSi/c1-16-14-19(22(20,21)18-11-6-5-7-12-18)15-17(16)10-8-9-13-23(2,3)4/h5-8,10-12,17H,1,9,13-15H2,2-4H3/b10-8+/t17-/m0/s1. The van der Waals surface area contributed by atoms with Crippen LogP contribution in [0.2, 0.25) is 25.7 Å². The Morgan fingerprint density at radius 2 is 1.91 bits per heavy atom. The van der Waals surface area contributed by atoms with Gasteiger partial charge in [-0.1, -0.05) is 68.2 Å². The summed E-state index contributed by atoms with van der Waals surface area (Å²) in [5.74, 6) is 0.134. The van der Waals surface area contributed by atoms with E-state index in [0.29, 0.717) is 18.0 Å². The highest BCUT2D eigenvalue weighted by molar-refractivity contribution is 7.89. The minimum absolute atomic E-state index is 0.134. The zero-order valence-electron chi connectivity index (χ0n) is 14.3. The molecular formula is C18H27NO2SSi. The molecule has 2 rings (SSSR count). The molecule has 1 aliphatic rings. The van der Waals surface area contributed by atoms with Gasteiger partial charge in [0.05, 0.1) is 4.90 Å². The van der Waals surface area contributed by atoms with E-state index >= 15 is 0 Å². The Balaban J connectivity index is 2.01. The van der Waals surface area contributed by atoms with Gasteiger partial charge in [0.1, 0.15) is 0 Å². The molecule has 5 heteroatoms. The SMILES string of the molecule is C=C1CN(S(=O)(=O)c2ccccc2)C[C@@H]1/C=C/CC[Si](C)(C)C. The number of nitrogens with zero attached hydrogens (tertiary/aromatic N) is 1. The van der Waals surface area contributed by atoms with Crippen LogP contribution in [0.1, 0.15) is 6.42 Å². The number of hydrogen-bond acceptors (Lipinski definition) is 2. The van der Waals surface area contributed by atoms with Gasteiger partial charge in [0.25, 0.3) is 0 Å². The number of allylic oxidation sites excluding steroid dienone is 1. The molecule has 1 fully saturated rings. The summed E-state index contributed by atoms with van der Waals surface area (Å²) in [5, 5.41) is 0. The molecule has 1 atom stereocenters. The van der Waals surface area contributed by atoms with Gasteiger partial charge in [0, 0.05) is 27.1 Å². The second-order valence-corrected chi connectivity index (χ2v) is 15.0. The molecule has 23 heavy (non-hydrogen) atoms. The van der Waals surface area contributed by atoms with Crippen LogP contribution in [-0.4, -0.2) is 33.9 Å². The Morgan fingerprint density at radius 1 is 1.26 bits per heavy atom. The summed E-state index contributed by atoms with van der Waals surface area (Å²) >= 11 is 0. The summed E-state index contributed by atoms with van der Waals surface area (Å²) < 4.78 is 26.8. The molecule has 1 aliphatic heterocycles. The van der Waals surface area contributed by atoms with E-state index in [4.69, 9.17) is 0 Å². The van der Waals surface area contributed by atoms with E-state index in [1.165, 1.54) is 10.3 Å². The van der Waals surface area contributed by atoms with Crippen LogP contribution in [-0.2, 0) is 10.0 Å². The molecule has 0 aliphatic carbocycles. The second kappa shape index (κ2) is 7.15. The maximum Gasteiger partial charge on any atom is 0.243 e. The molecule has 0 unspecified atom stereocenters. The van der Waals surface area contributed by atoms with E-state index in [2.05, 4.69) is 38.4 Å². The van der Waals surface area contributed by atoms with Gasteiger partial charge in [-0.2, -0.15) is 4.31 Å². The number of rotatable bonds is 6. The van der Waals surface area contributed by atoms with E-state index in [1.54, 1.807) is 24.3 Å². The third-order valence-corrected chi connectivity index (χ3v) is 7.73. The van der Waals surface area contributed by atoms with Crippen LogP contribution in [0.25, 0.3) is 0 Å². The van der Waals surface area contributed by atoms with Crippen LogP contribution in [0.4, 0.5) is 0 Å². The molecule has 1 aromatic carbocycles. The van der Waals surface area contributed by atoms with Crippen molar-refractivity contribution in [3.8, 4) is 0 Å². The lowest BCUT2D eigenvalue weighted by molar-refractivity contribution is 0.471. The molecular weight excluding hydrogens is 322 g/mol. The van der Waals surface area contributed by atoms with Crippen LogP contribution in [0, 0.1) is 5.92 Å². The van der Waals surface area contributed by atoms with Crippen LogP contribution < -0.4 is 0 Å². The molecule has 1 saturated heterocycles. The number of benzene rings is 1. The monoisotopic (exact) mass is 349 g/mol. The van der Waals surface area contributed by atoms with Crippen molar-refractivity contribution in [1.82, 2.24) is 4.31 Å². The summed E-state index contributed by atoms with van der Waals surface area (Å²) in [7, 11) is -4.43. The lowest BCUT2D eigenvalue weighted by Gasteiger charge is -2.15. The minimum atomic E-state index is -3.41. The average Bonchev–Trinajstić information content (AvgIpc) is 2.86. The summed E-state index contributed by atoms with van der Waals surface area (Å²) in [6.45, 7) is 12.1. The molecule has 0 saturated carbocycles. The fraction of sp³-hybridized carbons (Fsp3) is 0.444. The third-order valence-electron chi connectivity index (χ3n) is 4.11. The van der Waals surface area contributed by atoms with Gasteiger partial charge in [-0.15, -0.1) is 0 Å². The molecule has 0 amide bonds. The van der Waals surface area contributed by atoms with Gasteiger partial charge in [0.15, 0.2) is 0 Å². The van der Waals surface area contributed by atoms with Crippen molar-refractivity contribution in [2.75, 3.05) is 13.1 Å². The van der Waals surface area contributed by atoms with Crippen molar-refractivity contribution in [2.45, 2.75) is 37.0 Å². The zero-order chi connectivity index (χ0) is 17.1. The fourth-order valence-corrected chi connectivity index (χ4v) is 5.18. The van der Waals surface area contributed by atoms with E-state index in [9.17, 15) is 8.42 Å².